The van der Waals surface area contributed by atoms with Gasteiger partial charge >= 0.3 is 0 Å². The minimum absolute atomic E-state index is 0.0591. The predicted molar refractivity (Wildman–Crippen MR) is 59.2 cm³/mol. The van der Waals surface area contributed by atoms with Gasteiger partial charge in [0, 0.05) is 12.8 Å². The van der Waals surface area contributed by atoms with E-state index in [1.807, 2.05) is 0 Å². The van der Waals surface area contributed by atoms with Crippen molar-refractivity contribution in [2.45, 2.75) is 18.5 Å². The molecule has 0 saturated carbocycles. The number of halogens is 3. The van der Waals surface area contributed by atoms with Crippen LogP contribution < -0.4 is 4.74 Å². The number of ether oxygens (including phenoxy) is 1. The van der Waals surface area contributed by atoms with Gasteiger partial charge in [-0.05, 0) is 23.8 Å². The number of methoxy groups -OCH3 is 1. The highest BCUT2D eigenvalue weighted by Gasteiger charge is 2.37. The van der Waals surface area contributed by atoms with Crippen molar-refractivity contribution in [1.29, 1.82) is 0 Å². The van der Waals surface area contributed by atoms with Crippen LogP contribution >= 0.6 is 11.6 Å². The molecule has 0 bridgehead atoms. The molecule has 2 rings (SSSR count). The Kier molecular flexibility index (Phi) is 2.89. The number of rotatable bonds is 2. The summed E-state index contributed by atoms with van der Waals surface area (Å²) in [5.74, 6) is -0.0000772. The highest BCUT2D eigenvalue weighted by molar-refractivity contribution is 6.32. The lowest BCUT2D eigenvalue weighted by atomic mass is 9.93. The molecule has 0 fully saturated rings. The molecule has 0 N–H and O–H groups in total. The van der Waals surface area contributed by atoms with E-state index in [2.05, 4.69) is 0 Å². The highest BCUT2D eigenvalue weighted by atomic mass is 35.5. The SMILES string of the molecule is COc1cc(C2(F)CC=C(F)C2)ccc1Cl. The van der Waals surface area contributed by atoms with E-state index >= 15 is 0 Å². The first-order valence-corrected chi connectivity index (χ1v) is 5.30. The second kappa shape index (κ2) is 4.06. The molecule has 1 aliphatic carbocycles. The zero-order valence-corrected chi connectivity index (χ0v) is 9.52. The maximum Gasteiger partial charge on any atom is 0.145 e. The van der Waals surface area contributed by atoms with Crippen molar-refractivity contribution in [2.24, 2.45) is 0 Å². The third kappa shape index (κ3) is 1.92. The van der Waals surface area contributed by atoms with Gasteiger partial charge in [0.2, 0.25) is 0 Å². The zero-order chi connectivity index (χ0) is 11.8. The Labute approximate surface area is 97.7 Å². The second-order valence-corrected chi connectivity index (χ2v) is 4.25. The molecule has 0 spiro atoms. The van der Waals surface area contributed by atoms with Crippen LogP contribution in [0.3, 0.4) is 0 Å². The van der Waals surface area contributed by atoms with Gasteiger partial charge in [0.1, 0.15) is 11.4 Å². The topological polar surface area (TPSA) is 9.23 Å². The summed E-state index contributed by atoms with van der Waals surface area (Å²) >= 11 is 5.84. The molecule has 0 heterocycles. The zero-order valence-electron chi connectivity index (χ0n) is 8.77. The summed E-state index contributed by atoms with van der Waals surface area (Å²) in [5, 5.41) is 0.418. The molecule has 16 heavy (non-hydrogen) atoms. The van der Waals surface area contributed by atoms with Gasteiger partial charge in [0.25, 0.3) is 0 Å². The van der Waals surface area contributed by atoms with Gasteiger partial charge < -0.3 is 4.74 Å². The van der Waals surface area contributed by atoms with Crippen LogP contribution in [0.5, 0.6) is 5.75 Å². The standard InChI is InChI=1S/C12H11ClF2O/c1-16-11-6-8(2-3-10(11)13)12(15)5-4-9(14)7-12/h2-4,6H,5,7H2,1H3. The molecule has 0 amide bonds. The van der Waals surface area contributed by atoms with Gasteiger partial charge in [0.05, 0.1) is 18.0 Å². The molecule has 0 aliphatic heterocycles. The lowest BCUT2D eigenvalue weighted by Crippen LogP contribution is -2.15. The summed E-state index contributed by atoms with van der Waals surface area (Å²) in [6, 6.07) is 4.65. The fourth-order valence-corrected chi connectivity index (χ4v) is 2.04. The predicted octanol–water partition coefficient (Wildman–Crippen LogP) is 4.16. The average Bonchev–Trinajstić information content (AvgIpc) is 2.60. The maximum absolute atomic E-state index is 14.4. The smallest absolute Gasteiger partial charge is 0.145 e. The summed E-state index contributed by atoms with van der Waals surface area (Å²) in [5.41, 5.74) is -1.26. The summed E-state index contributed by atoms with van der Waals surface area (Å²) in [7, 11) is 1.46. The molecule has 1 atom stereocenters. The fourth-order valence-electron chi connectivity index (χ4n) is 1.84. The first-order chi connectivity index (χ1) is 7.55. The molecule has 1 unspecified atom stereocenters. The highest BCUT2D eigenvalue weighted by Crippen LogP contribution is 2.44. The molecule has 0 aromatic heterocycles. The van der Waals surface area contributed by atoms with E-state index in [9.17, 15) is 8.78 Å². The Balaban J connectivity index is 2.35. The van der Waals surface area contributed by atoms with Gasteiger partial charge in [-0.3, -0.25) is 0 Å². The summed E-state index contributed by atoms with van der Waals surface area (Å²) in [6.45, 7) is 0. The van der Waals surface area contributed by atoms with Crippen LogP contribution in [0.2, 0.25) is 5.02 Å². The van der Waals surface area contributed by atoms with Gasteiger partial charge in [-0.2, -0.15) is 0 Å². The van der Waals surface area contributed by atoms with Crippen LogP contribution in [0.4, 0.5) is 8.78 Å². The molecule has 1 aromatic carbocycles. The summed E-state index contributed by atoms with van der Waals surface area (Å²) in [4.78, 5) is 0. The van der Waals surface area contributed by atoms with E-state index in [1.165, 1.54) is 19.3 Å². The Bertz CT molecular complexity index is 445. The average molecular weight is 245 g/mol. The van der Waals surface area contributed by atoms with E-state index < -0.39 is 11.5 Å². The summed E-state index contributed by atoms with van der Waals surface area (Å²) < 4.78 is 32.3. The van der Waals surface area contributed by atoms with Crippen molar-refractivity contribution in [2.75, 3.05) is 7.11 Å². The monoisotopic (exact) mass is 244 g/mol. The van der Waals surface area contributed by atoms with E-state index in [0.29, 0.717) is 16.3 Å². The van der Waals surface area contributed by atoms with E-state index in [4.69, 9.17) is 16.3 Å². The van der Waals surface area contributed by atoms with Gasteiger partial charge in [0.15, 0.2) is 0 Å². The normalized spacial score (nSPS) is 24.4. The van der Waals surface area contributed by atoms with Gasteiger partial charge in [-0.15, -0.1) is 0 Å². The Morgan fingerprint density at radius 2 is 2.19 bits per heavy atom. The van der Waals surface area contributed by atoms with Crippen LogP contribution in [-0.2, 0) is 5.67 Å². The first kappa shape index (κ1) is 11.4. The largest absolute Gasteiger partial charge is 0.495 e. The first-order valence-electron chi connectivity index (χ1n) is 4.92. The molecular weight excluding hydrogens is 234 g/mol. The number of hydrogen-bond acceptors (Lipinski definition) is 1. The van der Waals surface area contributed by atoms with E-state index in [-0.39, 0.29) is 12.8 Å². The molecule has 1 aromatic rings. The van der Waals surface area contributed by atoms with Crippen molar-refractivity contribution in [1.82, 2.24) is 0 Å². The van der Waals surface area contributed by atoms with Crippen LogP contribution in [0, 0.1) is 0 Å². The number of alkyl halides is 1. The molecule has 1 aliphatic rings. The Morgan fingerprint density at radius 3 is 2.75 bits per heavy atom. The third-order valence-corrected chi connectivity index (χ3v) is 3.08. The maximum atomic E-state index is 14.4. The van der Waals surface area contributed by atoms with Crippen LogP contribution in [0.1, 0.15) is 18.4 Å². The molecular formula is C12H11ClF2O. The fraction of sp³-hybridized carbons (Fsp3) is 0.333. The van der Waals surface area contributed by atoms with Crippen molar-refractivity contribution < 1.29 is 13.5 Å². The number of hydrogen-bond donors (Lipinski definition) is 0. The minimum atomic E-state index is -1.66. The Hall–Kier alpha value is -1.09. The molecule has 0 radical (unpaired) electrons. The molecule has 1 nitrogen and oxygen atoms in total. The van der Waals surface area contributed by atoms with Gasteiger partial charge in [-0.1, -0.05) is 17.7 Å². The number of benzene rings is 1. The molecule has 0 saturated heterocycles. The summed E-state index contributed by atoms with van der Waals surface area (Å²) in [6.07, 6.45) is 1.13. The van der Waals surface area contributed by atoms with Crippen molar-refractivity contribution in [3.8, 4) is 5.75 Å². The molecule has 86 valence electrons. The lowest BCUT2D eigenvalue weighted by Gasteiger charge is -2.20. The number of allylic oxidation sites excluding steroid dienone is 2. The van der Waals surface area contributed by atoms with E-state index in [0.717, 1.165) is 0 Å². The van der Waals surface area contributed by atoms with Crippen molar-refractivity contribution in [3.05, 3.63) is 40.7 Å². The minimum Gasteiger partial charge on any atom is -0.495 e. The Morgan fingerprint density at radius 1 is 1.44 bits per heavy atom. The van der Waals surface area contributed by atoms with Gasteiger partial charge in [-0.25, -0.2) is 8.78 Å². The van der Waals surface area contributed by atoms with Crippen molar-refractivity contribution >= 4 is 11.6 Å². The van der Waals surface area contributed by atoms with E-state index in [1.54, 1.807) is 12.1 Å². The lowest BCUT2D eigenvalue weighted by molar-refractivity contribution is 0.174. The van der Waals surface area contributed by atoms with Crippen LogP contribution in [-0.4, -0.2) is 7.11 Å². The third-order valence-electron chi connectivity index (χ3n) is 2.76. The van der Waals surface area contributed by atoms with Crippen LogP contribution in [0.15, 0.2) is 30.1 Å². The second-order valence-electron chi connectivity index (χ2n) is 3.85. The van der Waals surface area contributed by atoms with Crippen molar-refractivity contribution in [3.63, 3.8) is 0 Å². The van der Waals surface area contributed by atoms with Crippen LogP contribution in [0.25, 0.3) is 0 Å². The molecule has 4 heteroatoms. The quantitative estimate of drug-likeness (QED) is 0.759.